The highest BCUT2D eigenvalue weighted by atomic mass is 16.1. The van der Waals surface area contributed by atoms with Crippen molar-refractivity contribution in [3.63, 3.8) is 0 Å². The standard InChI is InChI=1S/C16H19N3O/c1-10-15(11(2)19-18-10)9-17-16(20)14-7-12-5-3-4-6-13(12)8-14/h3-6,14H,7-9H2,1-2H3,(H,17,20)(H,18,19). The first kappa shape index (κ1) is 12.9. The number of carbonyl (C=O) groups excluding carboxylic acids is 1. The molecule has 1 amide bonds. The summed E-state index contributed by atoms with van der Waals surface area (Å²) in [6, 6.07) is 8.31. The zero-order chi connectivity index (χ0) is 14.1. The molecule has 0 spiro atoms. The van der Waals surface area contributed by atoms with Crippen molar-refractivity contribution in [2.24, 2.45) is 5.92 Å². The predicted molar refractivity (Wildman–Crippen MR) is 77.2 cm³/mol. The molecule has 0 atom stereocenters. The number of carbonyl (C=O) groups is 1. The van der Waals surface area contributed by atoms with E-state index in [1.807, 2.05) is 26.0 Å². The Kier molecular flexibility index (Phi) is 3.30. The minimum absolute atomic E-state index is 0.0694. The number of nitrogens with one attached hydrogen (secondary N) is 2. The fraction of sp³-hybridized carbons (Fsp3) is 0.375. The Morgan fingerprint density at radius 1 is 1.30 bits per heavy atom. The van der Waals surface area contributed by atoms with Gasteiger partial charge in [0.1, 0.15) is 0 Å². The Balaban J connectivity index is 1.62. The molecule has 2 N–H and O–H groups in total. The summed E-state index contributed by atoms with van der Waals surface area (Å²) in [5.41, 5.74) is 5.69. The number of rotatable bonds is 3. The summed E-state index contributed by atoms with van der Waals surface area (Å²) in [4.78, 5) is 12.3. The van der Waals surface area contributed by atoms with E-state index in [1.54, 1.807) is 0 Å². The Bertz CT molecular complexity index is 600. The molecule has 1 aliphatic carbocycles. The van der Waals surface area contributed by atoms with Crippen LogP contribution in [0, 0.1) is 19.8 Å². The van der Waals surface area contributed by atoms with Gasteiger partial charge in [-0.1, -0.05) is 24.3 Å². The molecule has 0 unspecified atom stereocenters. The molecule has 4 nitrogen and oxygen atoms in total. The molecule has 2 aromatic rings. The largest absolute Gasteiger partial charge is 0.352 e. The van der Waals surface area contributed by atoms with E-state index >= 15 is 0 Å². The van der Waals surface area contributed by atoms with Crippen molar-refractivity contribution in [2.75, 3.05) is 0 Å². The van der Waals surface area contributed by atoms with Crippen molar-refractivity contribution in [3.05, 3.63) is 52.3 Å². The van der Waals surface area contributed by atoms with Crippen molar-refractivity contribution in [1.82, 2.24) is 15.5 Å². The van der Waals surface area contributed by atoms with Crippen LogP contribution in [0.15, 0.2) is 24.3 Å². The van der Waals surface area contributed by atoms with E-state index < -0.39 is 0 Å². The van der Waals surface area contributed by atoms with Crippen LogP contribution in [-0.4, -0.2) is 16.1 Å². The van der Waals surface area contributed by atoms with Gasteiger partial charge >= 0.3 is 0 Å². The Labute approximate surface area is 118 Å². The molecule has 1 aliphatic rings. The molecule has 0 saturated carbocycles. The van der Waals surface area contributed by atoms with Crippen molar-refractivity contribution in [3.8, 4) is 0 Å². The number of benzene rings is 1. The number of H-pyrrole nitrogens is 1. The highest BCUT2D eigenvalue weighted by Gasteiger charge is 2.26. The van der Waals surface area contributed by atoms with Gasteiger partial charge in [-0.25, -0.2) is 0 Å². The Hall–Kier alpha value is -2.10. The van der Waals surface area contributed by atoms with E-state index in [4.69, 9.17) is 0 Å². The Morgan fingerprint density at radius 2 is 1.95 bits per heavy atom. The van der Waals surface area contributed by atoms with Crippen LogP contribution in [0.5, 0.6) is 0 Å². The third-order valence-electron chi connectivity index (χ3n) is 4.14. The van der Waals surface area contributed by atoms with Gasteiger partial charge in [-0.05, 0) is 37.8 Å². The minimum atomic E-state index is 0.0694. The molecule has 104 valence electrons. The van der Waals surface area contributed by atoms with Crippen LogP contribution < -0.4 is 5.32 Å². The number of aromatic amines is 1. The molecule has 20 heavy (non-hydrogen) atoms. The van der Waals surface area contributed by atoms with Gasteiger partial charge in [0.25, 0.3) is 0 Å². The van der Waals surface area contributed by atoms with Crippen molar-refractivity contribution in [1.29, 1.82) is 0 Å². The fourth-order valence-corrected chi connectivity index (χ4v) is 2.90. The van der Waals surface area contributed by atoms with E-state index in [1.165, 1.54) is 11.1 Å². The zero-order valence-corrected chi connectivity index (χ0v) is 11.9. The zero-order valence-electron chi connectivity index (χ0n) is 11.9. The third-order valence-corrected chi connectivity index (χ3v) is 4.14. The summed E-state index contributed by atoms with van der Waals surface area (Å²) in [7, 11) is 0. The lowest BCUT2D eigenvalue weighted by molar-refractivity contribution is -0.124. The van der Waals surface area contributed by atoms with E-state index in [-0.39, 0.29) is 11.8 Å². The number of aromatic nitrogens is 2. The van der Waals surface area contributed by atoms with Gasteiger partial charge in [-0.2, -0.15) is 5.10 Å². The van der Waals surface area contributed by atoms with E-state index in [0.717, 1.165) is 29.8 Å². The van der Waals surface area contributed by atoms with Gasteiger partial charge in [0.05, 0.1) is 5.69 Å². The number of nitrogens with zero attached hydrogens (tertiary/aromatic N) is 1. The maximum Gasteiger partial charge on any atom is 0.224 e. The van der Waals surface area contributed by atoms with Crippen LogP contribution >= 0.6 is 0 Å². The van der Waals surface area contributed by atoms with Crippen LogP contribution in [0.2, 0.25) is 0 Å². The number of amides is 1. The minimum Gasteiger partial charge on any atom is -0.352 e. The maximum atomic E-state index is 12.3. The van der Waals surface area contributed by atoms with Crippen LogP contribution in [0.4, 0.5) is 0 Å². The monoisotopic (exact) mass is 269 g/mol. The van der Waals surface area contributed by atoms with E-state index in [9.17, 15) is 4.79 Å². The summed E-state index contributed by atoms with van der Waals surface area (Å²) in [5.74, 6) is 0.209. The number of fused-ring (bicyclic) bond motifs is 1. The van der Waals surface area contributed by atoms with Gasteiger partial charge in [0, 0.05) is 23.7 Å². The normalized spacial score (nSPS) is 14.3. The highest BCUT2D eigenvalue weighted by Crippen LogP contribution is 2.26. The van der Waals surface area contributed by atoms with Crippen molar-refractivity contribution >= 4 is 5.91 Å². The molecule has 1 aromatic heterocycles. The molecule has 0 fully saturated rings. The van der Waals surface area contributed by atoms with Crippen molar-refractivity contribution < 1.29 is 4.79 Å². The van der Waals surface area contributed by atoms with Gasteiger partial charge in [0.2, 0.25) is 5.91 Å². The molecule has 1 heterocycles. The lowest BCUT2D eigenvalue weighted by atomic mass is 10.1. The second-order valence-electron chi connectivity index (χ2n) is 5.50. The first-order valence-corrected chi connectivity index (χ1v) is 7.00. The average Bonchev–Trinajstić information content (AvgIpc) is 3.01. The van der Waals surface area contributed by atoms with Gasteiger partial charge < -0.3 is 5.32 Å². The van der Waals surface area contributed by atoms with Gasteiger partial charge in [0.15, 0.2) is 0 Å². The van der Waals surface area contributed by atoms with Gasteiger partial charge in [-0.15, -0.1) is 0 Å². The first-order chi connectivity index (χ1) is 9.65. The lowest BCUT2D eigenvalue weighted by Crippen LogP contribution is -2.31. The third kappa shape index (κ3) is 2.33. The number of hydrogen-bond acceptors (Lipinski definition) is 2. The molecule has 3 rings (SSSR count). The number of aryl methyl sites for hydroxylation is 2. The SMILES string of the molecule is Cc1n[nH]c(C)c1CNC(=O)C1Cc2ccccc2C1. The fourth-order valence-electron chi connectivity index (χ4n) is 2.90. The summed E-state index contributed by atoms with van der Waals surface area (Å²) in [6.07, 6.45) is 1.71. The first-order valence-electron chi connectivity index (χ1n) is 7.00. The molecule has 1 aromatic carbocycles. The molecular formula is C16H19N3O. The predicted octanol–water partition coefficient (Wildman–Crippen LogP) is 2.06. The van der Waals surface area contributed by atoms with Crippen LogP contribution in [0.3, 0.4) is 0 Å². The quantitative estimate of drug-likeness (QED) is 0.896. The van der Waals surface area contributed by atoms with Crippen LogP contribution in [0.1, 0.15) is 28.1 Å². The summed E-state index contributed by atoms with van der Waals surface area (Å²) in [5, 5.41) is 10.1. The second-order valence-corrected chi connectivity index (χ2v) is 5.50. The van der Waals surface area contributed by atoms with Crippen molar-refractivity contribution in [2.45, 2.75) is 33.2 Å². The summed E-state index contributed by atoms with van der Waals surface area (Å²) >= 11 is 0. The molecule has 4 heteroatoms. The highest BCUT2D eigenvalue weighted by molar-refractivity contribution is 5.80. The second kappa shape index (κ2) is 5.12. The Morgan fingerprint density at radius 3 is 2.50 bits per heavy atom. The van der Waals surface area contributed by atoms with Crippen LogP contribution in [0.25, 0.3) is 0 Å². The smallest absolute Gasteiger partial charge is 0.224 e. The van der Waals surface area contributed by atoms with E-state index in [0.29, 0.717) is 6.54 Å². The average molecular weight is 269 g/mol. The number of hydrogen-bond donors (Lipinski definition) is 2. The van der Waals surface area contributed by atoms with Crippen LogP contribution in [-0.2, 0) is 24.2 Å². The summed E-state index contributed by atoms with van der Waals surface area (Å²) in [6.45, 7) is 4.49. The molecule has 0 bridgehead atoms. The lowest BCUT2D eigenvalue weighted by Gasteiger charge is -2.10. The van der Waals surface area contributed by atoms with Gasteiger partial charge in [-0.3, -0.25) is 9.89 Å². The maximum absolute atomic E-state index is 12.3. The molecule has 0 radical (unpaired) electrons. The topological polar surface area (TPSA) is 57.8 Å². The molecule has 0 aliphatic heterocycles. The van der Waals surface area contributed by atoms with E-state index in [2.05, 4.69) is 27.6 Å². The molecule has 0 saturated heterocycles. The summed E-state index contributed by atoms with van der Waals surface area (Å²) < 4.78 is 0. The molecular weight excluding hydrogens is 250 g/mol.